The van der Waals surface area contributed by atoms with Gasteiger partial charge >= 0.3 is 0 Å². The molecule has 0 unspecified atom stereocenters. The van der Waals surface area contributed by atoms with Crippen molar-refractivity contribution in [3.63, 3.8) is 0 Å². The van der Waals surface area contributed by atoms with Crippen LogP contribution in [0, 0.1) is 13.8 Å². The molecule has 1 aromatic rings. The van der Waals surface area contributed by atoms with E-state index in [1.807, 2.05) is 7.05 Å². The number of hydrogen-bond acceptors (Lipinski definition) is 2. The third-order valence-corrected chi connectivity index (χ3v) is 3.38. The Morgan fingerprint density at radius 3 is 2.59 bits per heavy atom. The van der Waals surface area contributed by atoms with Gasteiger partial charge in [0, 0.05) is 12.2 Å². The van der Waals surface area contributed by atoms with Crippen LogP contribution in [0.5, 0.6) is 0 Å². The van der Waals surface area contributed by atoms with Gasteiger partial charge in [0.1, 0.15) is 0 Å². The number of unbranched alkanes of at least 4 members (excludes halogenated alkanes) is 3. The first kappa shape index (κ1) is 14.2. The van der Waals surface area contributed by atoms with Crippen molar-refractivity contribution in [1.82, 2.24) is 15.1 Å². The summed E-state index contributed by atoms with van der Waals surface area (Å²) in [6.45, 7) is 8.68. The lowest BCUT2D eigenvalue weighted by atomic mass is 10.1. The van der Waals surface area contributed by atoms with Crippen molar-refractivity contribution in [2.75, 3.05) is 13.6 Å². The van der Waals surface area contributed by atoms with Crippen molar-refractivity contribution in [2.24, 2.45) is 0 Å². The number of likely N-dealkylation sites (N-methyl/N-ethyl adjacent to an activating group) is 1. The lowest BCUT2D eigenvalue weighted by Crippen LogP contribution is -2.11. The minimum atomic E-state index is 1.03. The SMILES string of the molecule is CCCCCCn1nc(C)c(CCNC)c1C. The number of nitrogens with one attached hydrogen (secondary N) is 1. The molecule has 17 heavy (non-hydrogen) atoms. The largest absolute Gasteiger partial charge is 0.319 e. The van der Waals surface area contributed by atoms with Crippen LogP contribution < -0.4 is 5.32 Å². The fourth-order valence-electron chi connectivity index (χ4n) is 2.25. The van der Waals surface area contributed by atoms with Crippen LogP contribution in [0.4, 0.5) is 0 Å². The second-order valence-corrected chi connectivity index (χ2v) is 4.79. The lowest BCUT2D eigenvalue weighted by molar-refractivity contribution is 0.529. The molecule has 0 aliphatic heterocycles. The summed E-state index contributed by atoms with van der Waals surface area (Å²) in [5.74, 6) is 0. The van der Waals surface area contributed by atoms with Gasteiger partial charge in [0.05, 0.1) is 5.69 Å². The van der Waals surface area contributed by atoms with Crippen LogP contribution in [-0.4, -0.2) is 23.4 Å². The van der Waals surface area contributed by atoms with Crippen LogP contribution in [0.2, 0.25) is 0 Å². The zero-order valence-corrected chi connectivity index (χ0v) is 11.8. The average molecular weight is 237 g/mol. The van der Waals surface area contributed by atoms with Crippen molar-refractivity contribution >= 4 is 0 Å². The Bertz CT molecular complexity index is 328. The Hall–Kier alpha value is -0.830. The minimum absolute atomic E-state index is 1.03. The summed E-state index contributed by atoms with van der Waals surface area (Å²) in [4.78, 5) is 0. The molecule has 0 saturated heterocycles. The van der Waals surface area contributed by atoms with Gasteiger partial charge in [-0.1, -0.05) is 26.2 Å². The van der Waals surface area contributed by atoms with E-state index in [9.17, 15) is 0 Å². The van der Waals surface area contributed by atoms with Gasteiger partial charge in [-0.25, -0.2) is 0 Å². The van der Waals surface area contributed by atoms with E-state index in [4.69, 9.17) is 0 Å². The van der Waals surface area contributed by atoms with Crippen LogP contribution in [-0.2, 0) is 13.0 Å². The molecule has 0 saturated carbocycles. The van der Waals surface area contributed by atoms with Gasteiger partial charge in [-0.15, -0.1) is 0 Å². The third kappa shape index (κ3) is 4.15. The Balaban J connectivity index is 2.55. The smallest absolute Gasteiger partial charge is 0.0628 e. The molecule has 3 heteroatoms. The summed E-state index contributed by atoms with van der Waals surface area (Å²) in [6.07, 6.45) is 6.29. The molecule has 0 radical (unpaired) electrons. The third-order valence-electron chi connectivity index (χ3n) is 3.38. The van der Waals surface area contributed by atoms with Crippen LogP contribution in [0.25, 0.3) is 0 Å². The molecule has 0 aromatic carbocycles. The van der Waals surface area contributed by atoms with Gasteiger partial charge in [-0.2, -0.15) is 5.10 Å². The van der Waals surface area contributed by atoms with Gasteiger partial charge in [-0.05, 0) is 45.8 Å². The molecular weight excluding hydrogens is 210 g/mol. The van der Waals surface area contributed by atoms with E-state index in [2.05, 4.69) is 35.9 Å². The molecule has 1 heterocycles. The van der Waals surface area contributed by atoms with Crippen LogP contribution in [0.3, 0.4) is 0 Å². The molecule has 1 rings (SSSR count). The van der Waals surface area contributed by atoms with E-state index in [1.54, 1.807) is 0 Å². The van der Waals surface area contributed by atoms with E-state index in [1.165, 1.54) is 42.6 Å². The Kier molecular flexibility index (Phi) is 6.27. The average Bonchev–Trinajstić information content (AvgIpc) is 2.58. The summed E-state index contributed by atoms with van der Waals surface area (Å²) < 4.78 is 2.19. The molecule has 98 valence electrons. The minimum Gasteiger partial charge on any atom is -0.319 e. The van der Waals surface area contributed by atoms with E-state index < -0.39 is 0 Å². The fraction of sp³-hybridized carbons (Fsp3) is 0.786. The number of rotatable bonds is 8. The number of hydrogen-bond donors (Lipinski definition) is 1. The summed E-state index contributed by atoms with van der Waals surface area (Å²) >= 11 is 0. The number of aryl methyl sites for hydroxylation is 2. The summed E-state index contributed by atoms with van der Waals surface area (Å²) in [6, 6.07) is 0. The molecule has 0 atom stereocenters. The zero-order chi connectivity index (χ0) is 12.7. The Morgan fingerprint density at radius 1 is 1.18 bits per heavy atom. The molecule has 0 bridgehead atoms. The summed E-state index contributed by atoms with van der Waals surface area (Å²) in [5.41, 5.74) is 3.98. The quantitative estimate of drug-likeness (QED) is 0.705. The highest BCUT2D eigenvalue weighted by molar-refractivity contribution is 5.24. The van der Waals surface area contributed by atoms with Gasteiger partial charge in [0.2, 0.25) is 0 Å². The second-order valence-electron chi connectivity index (χ2n) is 4.79. The molecule has 1 N–H and O–H groups in total. The fourth-order valence-corrected chi connectivity index (χ4v) is 2.25. The molecule has 0 fully saturated rings. The van der Waals surface area contributed by atoms with Crippen molar-refractivity contribution in [3.8, 4) is 0 Å². The highest BCUT2D eigenvalue weighted by Gasteiger charge is 2.10. The van der Waals surface area contributed by atoms with Gasteiger partial charge in [0.15, 0.2) is 0 Å². The second kappa shape index (κ2) is 7.49. The predicted octanol–water partition coefficient (Wildman–Crippen LogP) is 2.84. The van der Waals surface area contributed by atoms with Crippen LogP contribution in [0.15, 0.2) is 0 Å². The zero-order valence-electron chi connectivity index (χ0n) is 11.8. The maximum atomic E-state index is 4.65. The molecule has 0 aliphatic carbocycles. The van der Waals surface area contributed by atoms with Gasteiger partial charge in [-0.3, -0.25) is 4.68 Å². The topological polar surface area (TPSA) is 29.9 Å². The van der Waals surface area contributed by atoms with E-state index in [0.717, 1.165) is 19.5 Å². The maximum Gasteiger partial charge on any atom is 0.0628 e. The summed E-state index contributed by atoms with van der Waals surface area (Å²) in [5, 5.41) is 7.85. The van der Waals surface area contributed by atoms with Crippen molar-refractivity contribution < 1.29 is 0 Å². The molecule has 0 aliphatic rings. The number of aromatic nitrogens is 2. The first-order chi connectivity index (χ1) is 8.20. The normalized spacial score (nSPS) is 11.1. The highest BCUT2D eigenvalue weighted by atomic mass is 15.3. The molecular formula is C14H27N3. The van der Waals surface area contributed by atoms with E-state index in [-0.39, 0.29) is 0 Å². The molecule has 0 spiro atoms. The number of nitrogens with zero attached hydrogens (tertiary/aromatic N) is 2. The van der Waals surface area contributed by atoms with Gasteiger partial charge < -0.3 is 5.32 Å². The molecule has 0 amide bonds. The first-order valence-electron chi connectivity index (χ1n) is 6.88. The van der Waals surface area contributed by atoms with Crippen molar-refractivity contribution in [1.29, 1.82) is 0 Å². The predicted molar refractivity (Wildman–Crippen MR) is 73.5 cm³/mol. The van der Waals surface area contributed by atoms with E-state index in [0.29, 0.717) is 0 Å². The van der Waals surface area contributed by atoms with Crippen molar-refractivity contribution in [3.05, 3.63) is 17.0 Å². The van der Waals surface area contributed by atoms with Crippen LogP contribution >= 0.6 is 0 Å². The van der Waals surface area contributed by atoms with Gasteiger partial charge in [0.25, 0.3) is 0 Å². The van der Waals surface area contributed by atoms with E-state index >= 15 is 0 Å². The Labute approximate surface area is 106 Å². The monoisotopic (exact) mass is 237 g/mol. The van der Waals surface area contributed by atoms with Crippen molar-refractivity contribution in [2.45, 2.75) is 59.4 Å². The molecule has 1 aromatic heterocycles. The standard InChI is InChI=1S/C14H27N3/c1-5-6-7-8-11-17-13(3)14(9-10-15-4)12(2)16-17/h15H,5-11H2,1-4H3. The maximum absolute atomic E-state index is 4.65. The highest BCUT2D eigenvalue weighted by Crippen LogP contribution is 2.14. The Morgan fingerprint density at radius 2 is 1.94 bits per heavy atom. The molecule has 3 nitrogen and oxygen atoms in total. The van der Waals surface area contributed by atoms with Crippen LogP contribution in [0.1, 0.15) is 49.6 Å². The summed E-state index contributed by atoms with van der Waals surface area (Å²) in [7, 11) is 2.00. The lowest BCUT2D eigenvalue weighted by Gasteiger charge is -2.05. The first-order valence-corrected chi connectivity index (χ1v) is 6.88.